The maximum absolute atomic E-state index is 12.7. The summed E-state index contributed by atoms with van der Waals surface area (Å²) in [4.78, 5) is 17.0. The molecule has 4 rings (SSSR count). The van der Waals surface area contributed by atoms with Crippen molar-refractivity contribution in [3.8, 4) is 11.1 Å². The zero-order valence-corrected chi connectivity index (χ0v) is 17.5. The van der Waals surface area contributed by atoms with E-state index in [1.807, 2.05) is 43.3 Å². The number of alkyl halides is 3. The van der Waals surface area contributed by atoms with Crippen molar-refractivity contribution >= 4 is 16.9 Å². The van der Waals surface area contributed by atoms with E-state index in [0.29, 0.717) is 5.65 Å². The van der Waals surface area contributed by atoms with Gasteiger partial charge in [0.15, 0.2) is 11.3 Å². The minimum absolute atomic E-state index is 0.0627. The van der Waals surface area contributed by atoms with Crippen LogP contribution in [0.25, 0.3) is 22.2 Å². The molecule has 1 N–H and O–H groups in total. The van der Waals surface area contributed by atoms with Gasteiger partial charge in [0.2, 0.25) is 5.91 Å². The number of hydrogen-bond acceptors (Lipinski definition) is 4. The van der Waals surface area contributed by atoms with Gasteiger partial charge in [0, 0.05) is 23.8 Å². The highest BCUT2D eigenvalue weighted by molar-refractivity contribution is 5.95. The smallest absolute Gasteiger partial charge is 0.350 e. The molecule has 4 aromatic rings. The number of carbonyl (C=O) groups is 1. The number of rotatable bonds is 6. The first-order chi connectivity index (χ1) is 15.2. The number of nitrogens with zero attached hydrogens (tertiary/aromatic N) is 5. The minimum Gasteiger partial charge on any atom is -0.350 e. The number of benzene rings is 1. The molecule has 1 unspecified atom stereocenters. The standard InChI is InChI=1S/C22H21F3N6O/c1-14(12-30-11-9-18(29-30)22(23,24)25)27-19(32)13-31-21-20(15(2)28-31)17(8-10-26-21)16-6-4-3-5-7-16/h3-11,14H,12-13H2,1-2H3,(H,27,32). The first-order valence-electron chi connectivity index (χ1n) is 10.00. The van der Waals surface area contributed by atoms with E-state index in [9.17, 15) is 18.0 Å². The zero-order chi connectivity index (χ0) is 22.9. The van der Waals surface area contributed by atoms with E-state index >= 15 is 0 Å². The summed E-state index contributed by atoms with van der Waals surface area (Å²) < 4.78 is 40.8. The molecule has 7 nitrogen and oxygen atoms in total. The first-order valence-corrected chi connectivity index (χ1v) is 10.00. The number of amides is 1. The first kappa shape index (κ1) is 21.5. The molecule has 166 valence electrons. The highest BCUT2D eigenvalue weighted by atomic mass is 19.4. The Balaban J connectivity index is 1.48. The second-order valence-corrected chi connectivity index (χ2v) is 7.56. The van der Waals surface area contributed by atoms with Crippen LogP contribution in [-0.4, -0.2) is 36.5 Å². The molecule has 0 aliphatic rings. The predicted octanol–water partition coefficient (Wildman–Crippen LogP) is 3.83. The van der Waals surface area contributed by atoms with Gasteiger partial charge in [-0.25, -0.2) is 9.67 Å². The van der Waals surface area contributed by atoms with Gasteiger partial charge in [-0.1, -0.05) is 30.3 Å². The zero-order valence-electron chi connectivity index (χ0n) is 17.5. The number of hydrogen-bond donors (Lipinski definition) is 1. The van der Waals surface area contributed by atoms with Crippen LogP contribution in [-0.2, 0) is 24.1 Å². The molecule has 0 bridgehead atoms. The second kappa shape index (κ2) is 8.45. The topological polar surface area (TPSA) is 77.6 Å². The summed E-state index contributed by atoms with van der Waals surface area (Å²) in [5.74, 6) is -0.322. The summed E-state index contributed by atoms with van der Waals surface area (Å²) in [6.07, 6.45) is -1.58. The Morgan fingerprint density at radius 3 is 2.56 bits per heavy atom. The lowest BCUT2D eigenvalue weighted by molar-refractivity contribution is -0.141. The highest BCUT2D eigenvalue weighted by Gasteiger charge is 2.33. The van der Waals surface area contributed by atoms with Gasteiger partial charge < -0.3 is 5.32 Å². The van der Waals surface area contributed by atoms with Crippen molar-refractivity contribution < 1.29 is 18.0 Å². The lowest BCUT2D eigenvalue weighted by Gasteiger charge is -2.14. The second-order valence-electron chi connectivity index (χ2n) is 7.56. The summed E-state index contributed by atoms with van der Waals surface area (Å²) in [6.45, 7) is 3.61. The molecule has 0 spiro atoms. The van der Waals surface area contributed by atoms with Crippen molar-refractivity contribution in [2.45, 2.75) is 39.2 Å². The van der Waals surface area contributed by atoms with Gasteiger partial charge in [-0.15, -0.1) is 0 Å². The fourth-order valence-corrected chi connectivity index (χ4v) is 3.65. The van der Waals surface area contributed by atoms with Gasteiger partial charge in [-0.05, 0) is 37.1 Å². The number of carbonyl (C=O) groups excluding carboxylic acids is 1. The Kier molecular flexibility index (Phi) is 5.68. The van der Waals surface area contributed by atoms with Gasteiger partial charge >= 0.3 is 6.18 Å². The summed E-state index contributed by atoms with van der Waals surface area (Å²) >= 11 is 0. The summed E-state index contributed by atoms with van der Waals surface area (Å²) in [5.41, 5.74) is 2.39. The van der Waals surface area contributed by atoms with Gasteiger partial charge in [0.25, 0.3) is 0 Å². The largest absolute Gasteiger partial charge is 0.435 e. The lowest BCUT2D eigenvalue weighted by atomic mass is 10.0. The molecule has 0 saturated heterocycles. The van der Waals surface area contributed by atoms with Crippen LogP contribution < -0.4 is 5.32 Å². The number of aryl methyl sites for hydroxylation is 1. The molecule has 10 heteroatoms. The van der Waals surface area contributed by atoms with Crippen LogP contribution in [0.15, 0.2) is 54.9 Å². The molecule has 0 aliphatic heterocycles. The van der Waals surface area contributed by atoms with Gasteiger partial charge in [0.1, 0.15) is 6.54 Å². The predicted molar refractivity (Wildman–Crippen MR) is 113 cm³/mol. The minimum atomic E-state index is -4.50. The average Bonchev–Trinajstić information content (AvgIpc) is 3.33. The SMILES string of the molecule is Cc1nn(CC(=O)NC(C)Cn2ccc(C(F)(F)F)n2)c2nccc(-c3ccccc3)c12. The van der Waals surface area contributed by atoms with Crippen LogP contribution in [0.5, 0.6) is 0 Å². The van der Waals surface area contributed by atoms with E-state index in [4.69, 9.17) is 0 Å². The van der Waals surface area contributed by atoms with Crippen molar-refractivity contribution in [3.63, 3.8) is 0 Å². The van der Waals surface area contributed by atoms with Crippen molar-refractivity contribution in [1.82, 2.24) is 29.9 Å². The Morgan fingerprint density at radius 2 is 1.88 bits per heavy atom. The maximum atomic E-state index is 12.7. The molecule has 3 heterocycles. The number of fused-ring (bicyclic) bond motifs is 1. The molecule has 1 aromatic carbocycles. The van der Waals surface area contributed by atoms with Crippen molar-refractivity contribution in [3.05, 3.63) is 66.2 Å². The molecule has 0 aliphatic carbocycles. The van der Waals surface area contributed by atoms with Crippen molar-refractivity contribution in [1.29, 1.82) is 0 Å². The number of aromatic nitrogens is 5. The summed E-state index contributed by atoms with van der Waals surface area (Å²) in [6, 6.07) is 12.2. The molecule has 3 aromatic heterocycles. The van der Waals surface area contributed by atoms with Crippen molar-refractivity contribution in [2.24, 2.45) is 0 Å². The van der Waals surface area contributed by atoms with Crippen LogP contribution in [0.2, 0.25) is 0 Å². The third-order valence-corrected chi connectivity index (χ3v) is 4.99. The molecule has 1 atom stereocenters. The van der Waals surface area contributed by atoms with Crippen LogP contribution >= 0.6 is 0 Å². The molecular formula is C22H21F3N6O. The third kappa shape index (κ3) is 4.48. The Hall–Kier alpha value is -3.69. The number of halogens is 3. The normalized spacial score (nSPS) is 12.8. The molecular weight excluding hydrogens is 421 g/mol. The van der Waals surface area contributed by atoms with E-state index in [1.54, 1.807) is 13.1 Å². The third-order valence-electron chi connectivity index (χ3n) is 4.99. The fraction of sp³-hybridized carbons (Fsp3) is 0.273. The van der Waals surface area contributed by atoms with E-state index in [0.717, 1.165) is 33.0 Å². The van der Waals surface area contributed by atoms with Crippen LogP contribution in [0.4, 0.5) is 13.2 Å². The highest BCUT2D eigenvalue weighted by Crippen LogP contribution is 2.29. The van der Waals surface area contributed by atoms with E-state index in [2.05, 4.69) is 20.5 Å². The van der Waals surface area contributed by atoms with E-state index in [1.165, 1.54) is 10.9 Å². The Bertz CT molecular complexity index is 1250. The molecule has 0 radical (unpaired) electrons. The summed E-state index contributed by atoms with van der Waals surface area (Å²) in [7, 11) is 0. The van der Waals surface area contributed by atoms with Gasteiger partial charge in [-0.3, -0.25) is 9.48 Å². The average molecular weight is 442 g/mol. The number of nitrogens with one attached hydrogen (secondary N) is 1. The van der Waals surface area contributed by atoms with E-state index in [-0.39, 0.29) is 19.0 Å². The maximum Gasteiger partial charge on any atom is 0.435 e. The molecule has 0 fully saturated rings. The summed E-state index contributed by atoms with van der Waals surface area (Å²) in [5, 5.41) is 11.6. The molecule has 1 amide bonds. The van der Waals surface area contributed by atoms with E-state index < -0.39 is 17.9 Å². The molecule has 0 saturated carbocycles. The fourth-order valence-electron chi connectivity index (χ4n) is 3.65. The van der Waals surface area contributed by atoms with Gasteiger partial charge in [-0.2, -0.15) is 23.4 Å². The van der Waals surface area contributed by atoms with Gasteiger partial charge in [0.05, 0.1) is 12.2 Å². The van der Waals surface area contributed by atoms with Crippen LogP contribution in [0.3, 0.4) is 0 Å². The van der Waals surface area contributed by atoms with Crippen LogP contribution in [0.1, 0.15) is 18.3 Å². The van der Waals surface area contributed by atoms with Crippen molar-refractivity contribution in [2.75, 3.05) is 0 Å². The molecule has 32 heavy (non-hydrogen) atoms. The quantitative estimate of drug-likeness (QED) is 0.492. The van der Waals surface area contributed by atoms with Crippen LogP contribution in [0, 0.1) is 6.92 Å². The Labute approximate surface area is 181 Å². The Morgan fingerprint density at radius 1 is 1.12 bits per heavy atom. The lowest BCUT2D eigenvalue weighted by Crippen LogP contribution is -2.38. The number of pyridine rings is 1. The monoisotopic (exact) mass is 442 g/mol.